The fourth-order valence-corrected chi connectivity index (χ4v) is 2.81. The molecule has 1 aromatic heterocycles. The lowest BCUT2D eigenvalue weighted by Gasteiger charge is -2.11. The molecule has 0 atom stereocenters. The van der Waals surface area contributed by atoms with Crippen molar-refractivity contribution in [1.29, 1.82) is 0 Å². The third kappa shape index (κ3) is 2.76. The second-order valence-electron chi connectivity index (χ2n) is 5.62. The third-order valence-corrected chi connectivity index (χ3v) is 4.32. The van der Waals surface area contributed by atoms with Crippen molar-refractivity contribution in [2.45, 2.75) is 6.92 Å². The summed E-state index contributed by atoms with van der Waals surface area (Å²) in [4.78, 5) is 24.2. The van der Waals surface area contributed by atoms with Crippen LogP contribution in [0.4, 0.5) is 16.2 Å². The Balaban J connectivity index is 1.91. The van der Waals surface area contributed by atoms with Gasteiger partial charge in [0.05, 0.1) is 21.7 Å². The summed E-state index contributed by atoms with van der Waals surface area (Å²) in [5, 5.41) is 5.97. The van der Waals surface area contributed by atoms with Gasteiger partial charge in [-0.2, -0.15) is 0 Å². The number of para-hydroxylation sites is 1. The number of aryl methyl sites for hydroxylation is 3. The van der Waals surface area contributed by atoms with Crippen LogP contribution in [-0.4, -0.2) is 15.2 Å². The molecule has 0 aliphatic heterocycles. The number of fused-ring (bicyclic) bond motifs is 1. The zero-order chi connectivity index (χ0) is 17.4. The normalized spacial score (nSPS) is 10.8. The van der Waals surface area contributed by atoms with Crippen LogP contribution in [0.25, 0.3) is 11.0 Å². The van der Waals surface area contributed by atoms with Crippen LogP contribution in [0.5, 0.6) is 0 Å². The number of rotatable bonds is 2. The summed E-state index contributed by atoms with van der Waals surface area (Å²) in [5.74, 6) is 0. The van der Waals surface area contributed by atoms with Gasteiger partial charge in [-0.1, -0.05) is 23.7 Å². The first kappa shape index (κ1) is 16.1. The number of benzene rings is 2. The van der Waals surface area contributed by atoms with Crippen LogP contribution in [0.3, 0.4) is 0 Å². The fourth-order valence-electron chi connectivity index (χ4n) is 2.62. The zero-order valence-corrected chi connectivity index (χ0v) is 14.3. The summed E-state index contributed by atoms with van der Waals surface area (Å²) < 4.78 is 3.13. The number of hydrogen-bond acceptors (Lipinski definition) is 2. The first-order chi connectivity index (χ1) is 11.4. The molecule has 2 N–H and O–H groups in total. The Kier molecular flexibility index (Phi) is 4.07. The molecule has 0 saturated carbocycles. The lowest BCUT2D eigenvalue weighted by molar-refractivity contribution is 0.262. The molecule has 0 aliphatic carbocycles. The van der Waals surface area contributed by atoms with Gasteiger partial charge in [0, 0.05) is 19.8 Å². The van der Waals surface area contributed by atoms with Gasteiger partial charge < -0.3 is 10.6 Å². The van der Waals surface area contributed by atoms with Gasteiger partial charge in [-0.05, 0) is 36.8 Å². The molecule has 3 aromatic rings. The number of urea groups is 1. The minimum atomic E-state index is -0.397. The molecule has 2 amide bonds. The molecule has 0 bridgehead atoms. The van der Waals surface area contributed by atoms with E-state index in [2.05, 4.69) is 10.6 Å². The van der Waals surface area contributed by atoms with Gasteiger partial charge in [-0.15, -0.1) is 0 Å². The summed E-state index contributed by atoms with van der Waals surface area (Å²) in [6, 6.07) is 10.3. The number of hydrogen-bond donors (Lipinski definition) is 2. The van der Waals surface area contributed by atoms with Crippen LogP contribution in [-0.2, 0) is 14.1 Å². The monoisotopic (exact) mass is 344 g/mol. The maximum absolute atomic E-state index is 12.2. The molecule has 124 valence electrons. The summed E-state index contributed by atoms with van der Waals surface area (Å²) in [7, 11) is 3.43. The second kappa shape index (κ2) is 6.05. The average molecular weight is 345 g/mol. The van der Waals surface area contributed by atoms with E-state index in [0.29, 0.717) is 16.4 Å². The third-order valence-electron chi connectivity index (χ3n) is 3.99. The number of nitrogens with one attached hydrogen (secondary N) is 2. The van der Waals surface area contributed by atoms with Gasteiger partial charge >= 0.3 is 11.7 Å². The van der Waals surface area contributed by atoms with Crippen LogP contribution in [0, 0.1) is 6.92 Å². The summed E-state index contributed by atoms with van der Waals surface area (Å²) in [6.45, 7) is 1.88. The highest BCUT2D eigenvalue weighted by Crippen LogP contribution is 2.24. The Bertz CT molecular complexity index is 1000. The van der Waals surface area contributed by atoms with Crippen molar-refractivity contribution in [3.8, 4) is 0 Å². The van der Waals surface area contributed by atoms with Crippen molar-refractivity contribution >= 4 is 40.0 Å². The van der Waals surface area contributed by atoms with Crippen molar-refractivity contribution in [3.05, 3.63) is 57.5 Å². The first-order valence-corrected chi connectivity index (χ1v) is 7.75. The molecule has 0 aliphatic rings. The van der Waals surface area contributed by atoms with Crippen molar-refractivity contribution in [2.75, 3.05) is 10.6 Å². The summed E-state index contributed by atoms with van der Waals surface area (Å²) >= 11 is 6.04. The molecule has 6 nitrogen and oxygen atoms in total. The van der Waals surface area contributed by atoms with Crippen molar-refractivity contribution in [3.63, 3.8) is 0 Å². The van der Waals surface area contributed by atoms with E-state index in [0.717, 1.165) is 16.6 Å². The highest BCUT2D eigenvalue weighted by atomic mass is 35.5. The Morgan fingerprint density at radius 2 is 1.58 bits per heavy atom. The Morgan fingerprint density at radius 1 is 1.00 bits per heavy atom. The summed E-state index contributed by atoms with van der Waals surface area (Å²) in [5.41, 5.74) is 3.48. The predicted molar refractivity (Wildman–Crippen MR) is 97.0 cm³/mol. The van der Waals surface area contributed by atoms with Crippen LogP contribution in [0.2, 0.25) is 5.02 Å². The highest BCUT2D eigenvalue weighted by Gasteiger charge is 2.12. The van der Waals surface area contributed by atoms with Gasteiger partial charge in [-0.3, -0.25) is 9.13 Å². The highest BCUT2D eigenvalue weighted by molar-refractivity contribution is 6.33. The van der Waals surface area contributed by atoms with Gasteiger partial charge in [-0.25, -0.2) is 9.59 Å². The number of carbonyl (C=O) groups excluding carboxylic acids is 1. The van der Waals surface area contributed by atoms with Crippen LogP contribution in [0.15, 0.2) is 41.2 Å². The van der Waals surface area contributed by atoms with Gasteiger partial charge in [0.25, 0.3) is 0 Å². The minimum absolute atomic E-state index is 0.109. The predicted octanol–water partition coefficient (Wildman–Crippen LogP) is 3.48. The SMILES string of the molecule is Cc1cc2c(cc1NC(=O)Nc1ccccc1Cl)n(C)c(=O)n2C. The Hall–Kier alpha value is -2.73. The maximum Gasteiger partial charge on any atom is 0.328 e. The van der Waals surface area contributed by atoms with E-state index in [1.54, 1.807) is 53.6 Å². The molecule has 0 saturated heterocycles. The van der Waals surface area contributed by atoms with E-state index in [-0.39, 0.29) is 5.69 Å². The van der Waals surface area contributed by atoms with Crippen molar-refractivity contribution in [2.24, 2.45) is 14.1 Å². The van der Waals surface area contributed by atoms with E-state index in [4.69, 9.17) is 11.6 Å². The molecular weight excluding hydrogens is 328 g/mol. The van der Waals surface area contributed by atoms with E-state index in [9.17, 15) is 9.59 Å². The van der Waals surface area contributed by atoms with Crippen molar-refractivity contribution < 1.29 is 4.79 Å². The lowest BCUT2D eigenvalue weighted by atomic mass is 10.1. The second-order valence-corrected chi connectivity index (χ2v) is 6.02. The molecular formula is C17H17ClN4O2. The number of imidazole rings is 1. The number of halogens is 1. The van der Waals surface area contributed by atoms with Crippen LogP contribution >= 0.6 is 11.6 Å². The lowest BCUT2D eigenvalue weighted by Crippen LogP contribution is -2.20. The number of carbonyl (C=O) groups is 1. The molecule has 24 heavy (non-hydrogen) atoms. The molecule has 0 fully saturated rings. The van der Waals surface area contributed by atoms with Crippen LogP contribution in [0.1, 0.15) is 5.56 Å². The zero-order valence-electron chi connectivity index (χ0n) is 13.6. The number of anilines is 2. The molecule has 1 heterocycles. The van der Waals surface area contributed by atoms with Gasteiger partial charge in [0.2, 0.25) is 0 Å². The van der Waals surface area contributed by atoms with E-state index >= 15 is 0 Å². The van der Waals surface area contributed by atoms with E-state index in [1.807, 2.05) is 13.0 Å². The standard InChI is InChI=1S/C17H17ClN4O2/c1-10-8-14-15(22(3)17(24)21(14)2)9-13(10)20-16(23)19-12-7-5-4-6-11(12)18/h4-9H,1-3H3,(H2,19,20,23). The minimum Gasteiger partial charge on any atom is -0.307 e. The molecule has 0 spiro atoms. The quantitative estimate of drug-likeness (QED) is 0.747. The number of amides is 2. The van der Waals surface area contributed by atoms with E-state index < -0.39 is 6.03 Å². The van der Waals surface area contributed by atoms with Crippen molar-refractivity contribution in [1.82, 2.24) is 9.13 Å². The van der Waals surface area contributed by atoms with Gasteiger partial charge in [0.1, 0.15) is 0 Å². The topological polar surface area (TPSA) is 68.1 Å². The van der Waals surface area contributed by atoms with E-state index in [1.165, 1.54) is 0 Å². The largest absolute Gasteiger partial charge is 0.328 e. The average Bonchev–Trinajstić information content (AvgIpc) is 2.75. The summed E-state index contributed by atoms with van der Waals surface area (Å²) in [6.07, 6.45) is 0. The van der Waals surface area contributed by atoms with Gasteiger partial charge in [0.15, 0.2) is 0 Å². The number of aromatic nitrogens is 2. The van der Waals surface area contributed by atoms with Crippen LogP contribution < -0.4 is 16.3 Å². The Morgan fingerprint density at radius 3 is 2.25 bits per heavy atom. The first-order valence-electron chi connectivity index (χ1n) is 7.37. The Labute approximate surface area is 143 Å². The number of nitrogens with zero attached hydrogens (tertiary/aromatic N) is 2. The maximum atomic E-state index is 12.2. The smallest absolute Gasteiger partial charge is 0.307 e. The molecule has 3 rings (SSSR count). The molecule has 0 unspecified atom stereocenters. The molecule has 0 radical (unpaired) electrons. The molecule has 7 heteroatoms. The fraction of sp³-hybridized carbons (Fsp3) is 0.176. The molecule has 2 aromatic carbocycles.